The van der Waals surface area contributed by atoms with Crippen LogP contribution in [0.15, 0.2) is 23.4 Å². The number of rotatable bonds is 5. The summed E-state index contributed by atoms with van der Waals surface area (Å²) >= 11 is 7.78. The molecule has 0 saturated carbocycles. The van der Waals surface area contributed by atoms with Crippen molar-refractivity contribution in [3.05, 3.63) is 23.4 Å². The Morgan fingerprint density at radius 1 is 1.60 bits per heavy atom. The van der Waals surface area contributed by atoms with Gasteiger partial charge in [-0.15, -0.1) is 11.8 Å². The van der Waals surface area contributed by atoms with Crippen molar-refractivity contribution in [2.75, 3.05) is 7.05 Å². The van der Waals surface area contributed by atoms with Gasteiger partial charge < -0.3 is 5.32 Å². The SMILES string of the molecule is CCC(NC)C(C)Sc1ncccc1Cl. The van der Waals surface area contributed by atoms with E-state index in [1.807, 2.05) is 19.2 Å². The van der Waals surface area contributed by atoms with Crippen molar-refractivity contribution >= 4 is 23.4 Å². The van der Waals surface area contributed by atoms with Gasteiger partial charge in [0, 0.05) is 17.5 Å². The number of nitrogens with zero attached hydrogens (tertiary/aromatic N) is 1. The third-order valence-electron chi connectivity index (χ3n) is 2.40. The lowest BCUT2D eigenvalue weighted by molar-refractivity contribution is 0.541. The van der Waals surface area contributed by atoms with Crippen LogP contribution in [-0.4, -0.2) is 23.3 Å². The second-order valence-corrected chi connectivity index (χ2v) is 5.19. The molecule has 0 aliphatic heterocycles. The predicted octanol–water partition coefficient (Wildman–Crippen LogP) is 3.21. The van der Waals surface area contributed by atoms with Crippen LogP contribution in [0, 0.1) is 0 Å². The minimum absolute atomic E-state index is 0.465. The second-order valence-electron chi connectivity index (χ2n) is 3.42. The first-order valence-electron chi connectivity index (χ1n) is 5.13. The van der Waals surface area contributed by atoms with Crippen LogP contribution in [0.2, 0.25) is 5.02 Å². The fraction of sp³-hybridized carbons (Fsp3) is 0.545. The van der Waals surface area contributed by atoms with Gasteiger partial charge in [0.1, 0.15) is 5.03 Å². The van der Waals surface area contributed by atoms with E-state index in [1.54, 1.807) is 18.0 Å². The van der Waals surface area contributed by atoms with Gasteiger partial charge in [-0.2, -0.15) is 0 Å². The van der Waals surface area contributed by atoms with E-state index >= 15 is 0 Å². The summed E-state index contributed by atoms with van der Waals surface area (Å²) in [5.74, 6) is 0. The Morgan fingerprint density at radius 3 is 2.87 bits per heavy atom. The molecule has 4 heteroatoms. The minimum atomic E-state index is 0.465. The van der Waals surface area contributed by atoms with E-state index in [-0.39, 0.29) is 0 Å². The van der Waals surface area contributed by atoms with E-state index in [1.165, 1.54) is 0 Å². The van der Waals surface area contributed by atoms with Crippen LogP contribution in [0.5, 0.6) is 0 Å². The summed E-state index contributed by atoms with van der Waals surface area (Å²) < 4.78 is 0. The lowest BCUT2D eigenvalue weighted by atomic mass is 10.2. The van der Waals surface area contributed by atoms with Gasteiger partial charge in [0.05, 0.1) is 5.02 Å². The first-order chi connectivity index (χ1) is 7.19. The van der Waals surface area contributed by atoms with E-state index in [4.69, 9.17) is 11.6 Å². The van der Waals surface area contributed by atoms with Gasteiger partial charge in [-0.1, -0.05) is 25.4 Å². The number of aromatic nitrogens is 1. The highest BCUT2D eigenvalue weighted by Crippen LogP contribution is 2.29. The van der Waals surface area contributed by atoms with Crippen LogP contribution in [-0.2, 0) is 0 Å². The van der Waals surface area contributed by atoms with Crippen molar-refractivity contribution in [1.29, 1.82) is 0 Å². The summed E-state index contributed by atoms with van der Waals surface area (Å²) in [5, 5.41) is 5.42. The van der Waals surface area contributed by atoms with E-state index in [2.05, 4.69) is 24.1 Å². The topological polar surface area (TPSA) is 24.9 Å². The molecule has 1 rings (SSSR count). The first-order valence-corrected chi connectivity index (χ1v) is 6.39. The van der Waals surface area contributed by atoms with Crippen LogP contribution >= 0.6 is 23.4 Å². The number of hydrogen-bond acceptors (Lipinski definition) is 3. The summed E-state index contributed by atoms with van der Waals surface area (Å²) in [6.45, 7) is 4.37. The molecule has 1 N–H and O–H groups in total. The Hall–Kier alpha value is -0.250. The molecular weight excluding hydrogens is 228 g/mol. The van der Waals surface area contributed by atoms with Gasteiger partial charge >= 0.3 is 0 Å². The first kappa shape index (κ1) is 12.8. The fourth-order valence-electron chi connectivity index (χ4n) is 1.49. The molecule has 0 aromatic carbocycles. The third kappa shape index (κ3) is 3.67. The van der Waals surface area contributed by atoms with Crippen molar-refractivity contribution in [3.63, 3.8) is 0 Å². The molecule has 0 radical (unpaired) electrons. The zero-order chi connectivity index (χ0) is 11.3. The summed E-state index contributed by atoms with van der Waals surface area (Å²) in [6, 6.07) is 4.23. The average Bonchev–Trinajstić information content (AvgIpc) is 2.23. The maximum Gasteiger partial charge on any atom is 0.115 e. The maximum absolute atomic E-state index is 6.06. The van der Waals surface area contributed by atoms with Gasteiger partial charge in [-0.3, -0.25) is 0 Å². The van der Waals surface area contributed by atoms with E-state index < -0.39 is 0 Å². The molecule has 84 valence electrons. The zero-order valence-corrected chi connectivity index (χ0v) is 10.9. The number of hydrogen-bond donors (Lipinski definition) is 1. The number of halogens is 1. The Morgan fingerprint density at radius 2 is 2.33 bits per heavy atom. The second kappa shape index (κ2) is 6.36. The summed E-state index contributed by atoms with van der Waals surface area (Å²) in [4.78, 5) is 4.27. The molecule has 0 spiro atoms. The average molecular weight is 245 g/mol. The number of thioether (sulfide) groups is 1. The molecule has 0 bridgehead atoms. The van der Waals surface area contributed by atoms with Crippen LogP contribution in [0.4, 0.5) is 0 Å². The lowest BCUT2D eigenvalue weighted by Crippen LogP contribution is -2.33. The smallest absolute Gasteiger partial charge is 0.115 e. The number of nitrogens with one attached hydrogen (secondary N) is 1. The van der Waals surface area contributed by atoms with Gasteiger partial charge in [0.15, 0.2) is 0 Å². The molecule has 15 heavy (non-hydrogen) atoms. The Kier molecular flexibility index (Phi) is 5.43. The summed E-state index contributed by atoms with van der Waals surface area (Å²) in [6.07, 6.45) is 2.89. The summed E-state index contributed by atoms with van der Waals surface area (Å²) in [7, 11) is 1.99. The zero-order valence-electron chi connectivity index (χ0n) is 9.33. The molecule has 2 atom stereocenters. The molecule has 2 unspecified atom stereocenters. The normalized spacial score (nSPS) is 14.9. The van der Waals surface area contributed by atoms with Gasteiger partial charge in [-0.05, 0) is 25.6 Å². The van der Waals surface area contributed by atoms with Gasteiger partial charge in [0.2, 0.25) is 0 Å². The standard InChI is InChI=1S/C11H17ClN2S/c1-4-10(13-3)8(2)15-11-9(12)6-5-7-14-11/h5-8,10,13H,4H2,1-3H3. The maximum atomic E-state index is 6.06. The van der Waals surface area contributed by atoms with Crippen LogP contribution < -0.4 is 5.32 Å². The van der Waals surface area contributed by atoms with Gasteiger partial charge in [0.25, 0.3) is 0 Å². The lowest BCUT2D eigenvalue weighted by Gasteiger charge is -2.21. The monoisotopic (exact) mass is 244 g/mol. The van der Waals surface area contributed by atoms with Crippen LogP contribution in [0.25, 0.3) is 0 Å². The molecule has 0 aliphatic rings. The molecule has 0 aliphatic carbocycles. The van der Waals surface area contributed by atoms with Crippen LogP contribution in [0.3, 0.4) is 0 Å². The van der Waals surface area contributed by atoms with Crippen molar-refractivity contribution in [2.45, 2.75) is 36.6 Å². The minimum Gasteiger partial charge on any atom is -0.316 e. The molecule has 0 saturated heterocycles. The quantitative estimate of drug-likeness (QED) is 0.806. The molecule has 1 heterocycles. The molecule has 1 aromatic heterocycles. The fourth-order valence-corrected chi connectivity index (χ4v) is 2.89. The van der Waals surface area contributed by atoms with E-state index in [0.717, 1.165) is 16.5 Å². The van der Waals surface area contributed by atoms with Crippen molar-refractivity contribution in [3.8, 4) is 0 Å². The van der Waals surface area contributed by atoms with E-state index in [9.17, 15) is 0 Å². The molecular formula is C11H17ClN2S. The Balaban J connectivity index is 2.65. The Labute approximate surface area is 101 Å². The molecule has 0 fully saturated rings. The van der Waals surface area contributed by atoms with Gasteiger partial charge in [-0.25, -0.2) is 4.98 Å². The van der Waals surface area contributed by atoms with Crippen molar-refractivity contribution in [2.24, 2.45) is 0 Å². The molecule has 1 aromatic rings. The Bertz CT molecular complexity index is 302. The van der Waals surface area contributed by atoms with E-state index in [0.29, 0.717) is 11.3 Å². The highest BCUT2D eigenvalue weighted by molar-refractivity contribution is 8.00. The highest BCUT2D eigenvalue weighted by atomic mass is 35.5. The largest absolute Gasteiger partial charge is 0.316 e. The van der Waals surface area contributed by atoms with Crippen molar-refractivity contribution in [1.82, 2.24) is 10.3 Å². The molecule has 0 amide bonds. The highest BCUT2D eigenvalue weighted by Gasteiger charge is 2.16. The third-order valence-corrected chi connectivity index (χ3v) is 4.07. The number of pyridine rings is 1. The van der Waals surface area contributed by atoms with Crippen molar-refractivity contribution < 1.29 is 0 Å². The molecule has 2 nitrogen and oxygen atoms in total. The summed E-state index contributed by atoms with van der Waals surface area (Å²) in [5.41, 5.74) is 0. The predicted molar refractivity (Wildman–Crippen MR) is 67.7 cm³/mol. The van der Waals surface area contributed by atoms with Crippen LogP contribution in [0.1, 0.15) is 20.3 Å².